The van der Waals surface area contributed by atoms with E-state index >= 15 is 0 Å². The van der Waals surface area contributed by atoms with Crippen molar-refractivity contribution in [2.24, 2.45) is 7.05 Å². The van der Waals surface area contributed by atoms with Gasteiger partial charge >= 0.3 is 6.18 Å². The van der Waals surface area contributed by atoms with Gasteiger partial charge in [-0.15, -0.1) is 0 Å². The second-order valence-electron chi connectivity index (χ2n) is 5.58. The average Bonchev–Trinajstić information content (AvgIpc) is 2.94. The summed E-state index contributed by atoms with van der Waals surface area (Å²) in [4.78, 5) is 4.26. The summed E-state index contributed by atoms with van der Waals surface area (Å²) in [5, 5.41) is 3.09. The first kappa shape index (κ1) is 17.0. The Kier molecular flexibility index (Phi) is 4.48. The van der Waals surface area contributed by atoms with Gasteiger partial charge < -0.3 is 9.88 Å². The van der Waals surface area contributed by atoms with Crippen molar-refractivity contribution in [2.75, 3.05) is 5.32 Å². The van der Waals surface area contributed by atoms with Crippen molar-refractivity contribution in [3.8, 4) is 11.3 Å². The molecule has 0 aliphatic heterocycles. The summed E-state index contributed by atoms with van der Waals surface area (Å²) in [5.41, 5.74) is 1.65. The van der Waals surface area contributed by atoms with Crippen LogP contribution in [0.25, 0.3) is 11.3 Å². The first-order chi connectivity index (χ1) is 11.8. The third kappa shape index (κ3) is 3.81. The van der Waals surface area contributed by atoms with E-state index in [9.17, 15) is 17.6 Å². The van der Waals surface area contributed by atoms with Crippen molar-refractivity contribution in [3.05, 3.63) is 71.7 Å². The maximum Gasteiger partial charge on any atom is 0.416 e. The van der Waals surface area contributed by atoms with Gasteiger partial charge in [-0.3, -0.25) is 0 Å². The van der Waals surface area contributed by atoms with Crippen LogP contribution < -0.4 is 5.32 Å². The van der Waals surface area contributed by atoms with Gasteiger partial charge in [-0.2, -0.15) is 13.2 Å². The summed E-state index contributed by atoms with van der Waals surface area (Å²) in [6, 6.07) is 11.0. The molecule has 1 aromatic heterocycles. The number of imidazole rings is 1. The maximum atomic E-state index is 13.0. The number of anilines is 1. The summed E-state index contributed by atoms with van der Waals surface area (Å²) in [6.45, 7) is 0.339. The van der Waals surface area contributed by atoms with Gasteiger partial charge in [-0.1, -0.05) is 12.1 Å². The molecule has 1 heterocycles. The molecular weight excluding hydrogens is 334 g/mol. The summed E-state index contributed by atoms with van der Waals surface area (Å²) >= 11 is 0. The Morgan fingerprint density at radius 1 is 1.00 bits per heavy atom. The molecule has 0 radical (unpaired) electrons. The van der Waals surface area contributed by atoms with E-state index in [2.05, 4.69) is 10.3 Å². The Hall–Kier alpha value is -2.83. The van der Waals surface area contributed by atoms with Gasteiger partial charge in [-0.25, -0.2) is 9.37 Å². The number of hydrogen-bond acceptors (Lipinski definition) is 2. The van der Waals surface area contributed by atoms with Crippen molar-refractivity contribution < 1.29 is 17.6 Å². The molecule has 3 aromatic rings. The minimum Gasteiger partial charge on any atom is -0.352 e. The summed E-state index contributed by atoms with van der Waals surface area (Å²) in [6.07, 6.45) is -2.68. The molecule has 0 fully saturated rings. The van der Waals surface area contributed by atoms with Crippen molar-refractivity contribution in [3.63, 3.8) is 0 Å². The van der Waals surface area contributed by atoms with Gasteiger partial charge in [0.2, 0.25) is 5.95 Å². The minimum absolute atomic E-state index is 0.313. The third-order valence-electron chi connectivity index (χ3n) is 3.86. The van der Waals surface area contributed by atoms with Gasteiger partial charge in [0.15, 0.2) is 0 Å². The first-order valence-electron chi connectivity index (χ1n) is 7.52. The van der Waals surface area contributed by atoms with Crippen LogP contribution in [0.5, 0.6) is 0 Å². The lowest BCUT2D eigenvalue weighted by atomic mass is 10.1. The third-order valence-corrected chi connectivity index (χ3v) is 3.86. The fraction of sp³-hybridized carbons (Fsp3) is 0.167. The van der Waals surface area contributed by atoms with Crippen LogP contribution in [-0.2, 0) is 19.8 Å². The van der Waals surface area contributed by atoms with E-state index in [-0.39, 0.29) is 5.82 Å². The number of benzene rings is 2. The molecule has 0 bridgehead atoms. The van der Waals surface area contributed by atoms with Crippen LogP contribution in [0.15, 0.2) is 54.7 Å². The molecule has 0 aliphatic carbocycles. The Balaban J connectivity index is 1.71. The van der Waals surface area contributed by atoms with Gasteiger partial charge in [0.05, 0.1) is 17.5 Å². The van der Waals surface area contributed by atoms with Crippen molar-refractivity contribution in [2.45, 2.75) is 12.7 Å². The minimum atomic E-state index is -4.34. The van der Waals surface area contributed by atoms with E-state index < -0.39 is 11.7 Å². The molecule has 1 N–H and O–H groups in total. The van der Waals surface area contributed by atoms with Crippen LogP contribution in [-0.4, -0.2) is 9.55 Å². The highest BCUT2D eigenvalue weighted by molar-refractivity contribution is 5.61. The molecular formula is C18H15F4N3. The second-order valence-corrected chi connectivity index (χ2v) is 5.58. The Morgan fingerprint density at radius 2 is 1.64 bits per heavy atom. The molecule has 0 atom stereocenters. The van der Waals surface area contributed by atoms with Crippen molar-refractivity contribution in [1.29, 1.82) is 0 Å². The molecule has 130 valence electrons. The van der Waals surface area contributed by atoms with Gasteiger partial charge in [0.1, 0.15) is 5.82 Å². The quantitative estimate of drug-likeness (QED) is 0.682. The molecule has 25 heavy (non-hydrogen) atoms. The van der Waals surface area contributed by atoms with E-state index in [4.69, 9.17) is 0 Å². The summed E-state index contributed by atoms with van der Waals surface area (Å²) in [5.74, 6) is 0.255. The highest BCUT2D eigenvalue weighted by Gasteiger charge is 2.29. The topological polar surface area (TPSA) is 29.9 Å². The van der Waals surface area contributed by atoms with Crippen LogP contribution in [0, 0.1) is 5.82 Å². The van der Waals surface area contributed by atoms with Gasteiger partial charge in [0.25, 0.3) is 0 Å². The number of rotatable bonds is 4. The van der Waals surface area contributed by atoms with E-state index in [1.54, 1.807) is 29.9 Å². The Morgan fingerprint density at radius 3 is 2.24 bits per heavy atom. The fourth-order valence-electron chi connectivity index (χ4n) is 2.46. The molecule has 0 saturated heterocycles. The van der Waals surface area contributed by atoms with E-state index in [0.717, 1.165) is 23.4 Å². The number of hydrogen-bond donors (Lipinski definition) is 1. The molecule has 0 unspecified atom stereocenters. The highest BCUT2D eigenvalue weighted by Crippen LogP contribution is 2.29. The standard InChI is InChI=1S/C18H15F4N3/c1-25-16(13-4-8-15(19)9-5-13)11-24-17(25)23-10-12-2-6-14(7-3-12)18(20,21)22/h2-9,11H,10H2,1H3,(H,23,24). The average molecular weight is 349 g/mol. The molecule has 3 rings (SSSR count). The monoisotopic (exact) mass is 349 g/mol. The zero-order valence-corrected chi connectivity index (χ0v) is 13.3. The van der Waals surface area contributed by atoms with E-state index in [0.29, 0.717) is 18.1 Å². The highest BCUT2D eigenvalue weighted by atomic mass is 19.4. The summed E-state index contributed by atoms with van der Waals surface area (Å²) in [7, 11) is 1.81. The predicted octanol–water partition coefficient (Wildman–Crippen LogP) is 4.86. The molecule has 0 amide bonds. The maximum absolute atomic E-state index is 13.0. The molecule has 0 aliphatic rings. The fourth-order valence-corrected chi connectivity index (χ4v) is 2.46. The van der Waals surface area contributed by atoms with Crippen molar-refractivity contribution >= 4 is 5.95 Å². The summed E-state index contributed by atoms with van der Waals surface area (Å²) < 4.78 is 52.5. The largest absolute Gasteiger partial charge is 0.416 e. The normalized spacial score (nSPS) is 11.6. The van der Waals surface area contributed by atoms with Crippen LogP contribution in [0.4, 0.5) is 23.5 Å². The molecule has 0 spiro atoms. The Labute approximate surface area is 141 Å². The van der Waals surface area contributed by atoms with Crippen LogP contribution in [0.1, 0.15) is 11.1 Å². The number of halogens is 4. The number of nitrogens with zero attached hydrogens (tertiary/aromatic N) is 2. The smallest absolute Gasteiger partial charge is 0.352 e. The number of nitrogens with one attached hydrogen (secondary N) is 1. The zero-order chi connectivity index (χ0) is 18.0. The number of alkyl halides is 3. The van der Waals surface area contributed by atoms with E-state index in [1.807, 2.05) is 0 Å². The zero-order valence-electron chi connectivity index (χ0n) is 13.3. The lowest BCUT2D eigenvalue weighted by Gasteiger charge is -2.10. The lowest BCUT2D eigenvalue weighted by molar-refractivity contribution is -0.137. The van der Waals surface area contributed by atoms with Gasteiger partial charge in [0, 0.05) is 19.2 Å². The number of aromatic nitrogens is 2. The molecule has 0 saturated carbocycles. The lowest BCUT2D eigenvalue weighted by Crippen LogP contribution is -2.07. The van der Waals surface area contributed by atoms with Crippen molar-refractivity contribution in [1.82, 2.24) is 9.55 Å². The van der Waals surface area contributed by atoms with Crippen LogP contribution >= 0.6 is 0 Å². The van der Waals surface area contributed by atoms with Crippen LogP contribution in [0.2, 0.25) is 0 Å². The van der Waals surface area contributed by atoms with Gasteiger partial charge in [-0.05, 0) is 42.0 Å². The first-order valence-corrected chi connectivity index (χ1v) is 7.52. The SMILES string of the molecule is Cn1c(-c2ccc(F)cc2)cnc1NCc1ccc(C(F)(F)F)cc1. The predicted molar refractivity (Wildman–Crippen MR) is 87.4 cm³/mol. The second kappa shape index (κ2) is 6.58. The van der Waals surface area contributed by atoms with E-state index in [1.165, 1.54) is 24.3 Å². The van der Waals surface area contributed by atoms with Crippen LogP contribution in [0.3, 0.4) is 0 Å². The molecule has 3 nitrogen and oxygen atoms in total. The molecule has 2 aromatic carbocycles. The molecule has 7 heteroatoms. The Bertz CT molecular complexity index is 850.